The Balaban J connectivity index is 1.43. The van der Waals surface area contributed by atoms with E-state index in [2.05, 4.69) is 50.7 Å². The van der Waals surface area contributed by atoms with E-state index in [1.807, 2.05) is 13.0 Å². The van der Waals surface area contributed by atoms with Crippen LogP contribution in [-0.4, -0.2) is 41.1 Å². The van der Waals surface area contributed by atoms with Gasteiger partial charge in [-0.15, -0.1) is 0 Å². The Morgan fingerprint density at radius 2 is 2.22 bits per heavy atom. The molecule has 0 spiro atoms. The van der Waals surface area contributed by atoms with Gasteiger partial charge in [0.05, 0.1) is 5.69 Å². The van der Waals surface area contributed by atoms with Gasteiger partial charge in [0, 0.05) is 44.8 Å². The molecule has 1 aromatic heterocycles. The third kappa shape index (κ3) is 4.33. The summed E-state index contributed by atoms with van der Waals surface area (Å²) in [7, 11) is 0. The summed E-state index contributed by atoms with van der Waals surface area (Å²) < 4.78 is 2.05. The molecule has 0 amide bonds. The fourth-order valence-corrected chi connectivity index (χ4v) is 3.16. The van der Waals surface area contributed by atoms with Crippen molar-refractivity contribution in [3.05, 3.63) is 47.7 Å². The number of nitrogens with zero attached hydrogens (tertiary/aromatic N) is 2. The van der Waals surface area contributed by atoms with Crippen molar-refractivity contribution in [3.8, 4) is 0 Å². The van der Waals surface area contributed by atoms with E-state index >= 15 is 0 Å². The highest BCUT2D eigenvalue weighted by Gasteiger charge is 2.19. The van der Waals surface area contributed by atoms with Crippen molar-refractivity contribution in [2.45, 2.75) is 19.9 Å². The van der Waals surface area contributed by atoms with Crippen LogP contribution in [0.4, 0.5) is 5.82 Å². The predicted molar refractivity (Wildman–Crippen MR) is 92.5 cm³/mol. The molecule has 5 heteroatoms. The largest absolute Gasteiger partial charge is 0.396 e. The smallest absolute Gasteiger partial charge is 0.124 e. The fourth-order valence-electron chi connectivity index (χ4n) is 3.16. The van der Waals surface area contributed by atoms with Gasteiger partial charge in [0.15, 0.2) is 0 Å². The highest BCUT2D eigenvalue weighted by molar-refractivity contribution is 5.38. The quantitative estimate of drug-likeness (QED) is 0.727. The molecule has 3 rings (SSSR count). The van der Waals surface area contributed by atoms with Crippen LogP contribution in [0.2, 0.25) is 0 Å². The molecule has 2 aromatic rings. The van der Waals surface area contributed by atoms with Crippen molar-refractivity contribution in [1.29, 1.82) is 0 Å². The van der Waals surface area contributed by atoms with Gasteiger partial charge in [-0.2, -0.15) is 5.10 Å². The Hall–Kier alpha value is -1.85. The van der Waals surface area contributed by atoms with E-state index in [1.54, 1.807) is 0 Å². The zero-order chi connectivity index (χ0) is 16.1. The predicted octanol–water partition coefficient (Wildman–Crippen LogP) is 1.67. The van der Waals surface area contributed by atoms with E-state index in [0.29, 0.717) is 5.92 Å². The van der Waals surface area contributed by atoms with Gasteiger partial charge in [0.25, 0.3) is 0 Å². The minimum absolute atomic E-state index is 0.216. The van der Waals surface area contributed by atoms with Gasteiger partial charge in [0.1, 0.15) is 5.82 Å². The van der Waals surface area contributed by atoms with E-state index in [9.17, 15) is 5.11 Å². The van der Waals surface area contributed by atoms with E-state index in [4.69, 9.17) is 0 Å². The van der Waals surface area contributed by atoms with Gasteiger partial charge in [0.2, 0.25) is 0 Å². The first-order valence-electron chi connectivity index (χ1n) is 8.38. The second-order valence-corrected chi connectivity index (χ2v) is 6.50. The summed E-state index contributed by atoms with van der Waals surface area (Å²) in [5, 5.41) is 21.1. The summed E-state index contributed by atoms with van der Waals surface area (Å²) in [6.07, 6.45) is 0.912. The van der Waals surface area contributed by atoms with Gasteiger partial charge in [-0.3, -0.25) is 0 Å². The van der Waals surface area contributed by atoms with E-state index in [0.717, 1.165) is 44.1 Å². The third-order valence-corrected chi connectivity index (χ3v) is 4.40. The summed E-state index contributed by atoms with van der Waals surface area (Å²) in [6, 6.07) is 12.5. The standard InChI is InChI=1S/C18H26N4O/c1-14-7-18-20-11-17(12-22(18)21-14)10-19-9-16(13-23)8-15-5-3-2-4-6-15/h2-7,16-17,19-20,23H,8-13H2,1H3/t16-,17-/m0/s1. The Morgan fingerprint density at radius 3 is 3.00 bits per heavy atom. The second-order valence-electron chi connectivity index (χ2n) is 6.50. The lowest BCUT2D eigenvalue weighted by Crippen LogP contribution is -2.37. The maximum Gasteiger partial charge on any atom is 0.124 e. The number of benzene rings is 1. The zero-order valence-electron chi connectivity index (χ0n) is 13.7. The summed E-state index contributed by atoms with van der Waals surface area (Å²) in [5.41, 5.74) is 2.34. The molecule has 2 heterocycles. The summed E-state index contributed by atoms with van der Waals surface area (Å²) in [4.78, 5) is 0. The number of rotatable bonds is 7. The molecule has 0 saturated carbocycles. The molecule has 0 bridgehead atoms. The Morgan fingerprint density at radius 1 is 1.39 bits per heavy atom. The number of aryl methyl sites for hydroxylation is 1. The van der Waals surface area contributed by atoms with E-state index < -0.39 is 0 Å². The second kappa shape index (κ2) is 7.62. The number of hydrogen-bond acceptors (Lipinski definition) is 4. The van der Waals surface area contributed by atoms with Gasteiger partial charge >= 0.3 is 0 Å². The van der Waals surface area contributed by atoms with Gasteiger partial charge in [-0.05, 0) is 24.8 Å². The van der Waals surface area contributed by atoms with Crippen molar-refractivity contribution >= 4 is 5.82 Å². The van der Waals surface area contributed by atoms with Crippen LogP contribution in [0.15, 0.2) is 36.4 Å². The maximum absolute atomic E-state index is 9.59. The van der Waals surface area contributed by atoms with Crippen molar-refractivity contribution in [2.24, 2.45) is 11.8 Å². The molecule has 0 fully saturated rings. The van der Waals surface area contributed by atoms with Crippen LogP contribution < -0.4 is 10.6 Å². The van der Waals surface area contributed by atoms with Crippen LogP contribution in [0.25, 0.3) is 0 Å². The van der Waals surface area contributed by atoms with Crippen LogP contribution >= 0.6 is 0 Å². The molecule has 3 N–H and O–H groups in total. The molecule has 5 nitrogen and oxygen atoms in total. The molecular formula is C18H26N4O. The first-order chi connectivity index (χ1) is 11.2. The topological polar surface area (TPSA) is 62.1 Å². The van der Waals surface area contributed by atoms with Crippen LogP contribution in [-0.2, 0) is 13.0 Å². The van der Waals surface area contributed by atoms with Crippen molar-refractivity contribution in [3.63, 3.8) is 0 Å². The summed E-state index contributed by atoms with van der Waals surface area (Å²) in [6.45, 7) is 5.94. The molecule has 2 atom stereocenters. The average Bonchev–Trinajstić information content (AvgIpc) is 2.94. The number of anilines is 1. The van der Waals surface area contributed by atoms with Crippen LogP contribution in [0.5, 0.6) is 0 Å². The van der Waals surface area contributed by atoms with Gasteiger partial charge in [-0.25, -0.2) is 4.68 Å². The monoisotopic (exact) mass is 314 g/mol. The first kappa shape index (κ1) is 16.0. The van der Waals surface area contributed by atoms with Gasteiger partial charge in [-0.1, -0.05) is 30.3 Å². The number of aromatic nitrogens is 2. The number of aliphatic hydroxyl groups is 1. The fraction of sp³-hybridized carbons (Fsp3) is 0.500. The molecule has 0 radical (unpaired) electrons. The molecule has 1 aromatic carbocycles. The summed E-state index contributed by atoms with van der Waals surface area (Å²) in [5.74, 6) is 1.91. The lowest BCUT2D eigenvalue weighted by atomic mass is 9.99. The minimum atomic E-state index is 0.216. The van der Waals surface area contributed by atoms with Crippen LogP contribution in [0.1, 0.15) is 11.3 Å². The first-order valence-corrected chi connectivity index (χ1v) is 8.38. The van der Waals surface area contributed by atoms with Gasteiger partial charge < -0.3 is 15.7 Å². The van der Waals surface area contributed by atoms with E-state index in [1.165, 1.54) is 5.56 Å². The number of hydrogen-bond donors (Lipinski definition) is 3. The molecule has 0 unspecified atom stereocenters. The maximum atomic E-state index is 9.59. The Labute approximate surface area is 137 Å². The lowest BCUT2D eigenvalue weighted by molar-refractivity contribution is 0.219. The number of aliphatic hydroxyl groups excluding tert-OH is 1. The highest BCUT2D eigenvalue weighted by Crippen LogP contribution is 2.18. The molecule has 23 heavy (non-hydrogen) atoms. The molecule has 1 aliphatic rings. The van der Waals surface area contributed by atoms with Crippen LogP contribution in [0, 0.1) is 18.8 Å². The minimum Gasteiger partial charge on any atom is -0.396 e. The number of fused-ring (bicyclic) bond motifs is 1. The molecule has 1 aliphatic heterocycles. The van der Waals surface area contributed by atoms with Crippen LogP contribution in [0.3, 0.4) is 0 Å². The normalized spacial score (nSPS) is 18.3. The van der Waals surface area contributed by atoms with Crippen molar-refractivity contribution in [2.75, 3.05) is 31.6 Å². The summed E-state index contributed by atoms with van der Waals surface area (Å²) >= 11 is 0. The van der Waals surface area contributed by atoms with Crippen molar-refractivity contribution in [1.82, 2.24) is 15.1 Å². The lowest BCUT2D eigenvalue weighted by Gasteiger charge is -2.26. The Bertz CT molecular complexity index is 611. The molecule has 0 aliphatic carbocycles. The van der Waals surface area contributed by atoms with E-state index in [-0.39, 0.29) is 12.5 Å². The van der Waals surface area contributed by atoms with Crippen molar-refractivity contribution < 1.29 is 5.11 Å². The zero-order valence-corrected chi connectivity index (χ0v) is 13.7. The highest BCUT2D eigenvalue weighted by atomic mass is 16.3. The average molecular weight is 314 g/mol. The molecule has 124 valence electrons. The Kier molecular flexibility index (Phi) is 5.31. The third-order valence-electron chi connectivity index (χ3n) is 4.40. The molecular weight excluding hydrogens is 288 g/mol. The molecule has 0 saturated heterocycles. The SMILES string of the molecule is Cc1cc2n(n1)C[C@@H](CNC[C@@H](CO)Cc1ccccc1)CN2. The number of nitrogens with one attached hydrogen (secondary N) is 2.